The van der Waals surface area contributed by atoms with Crippen molar-refractivity contribution >= 4 is 46.6 Å². The molecule has 180 valence electrons. The van der Waals surface area contributed by atoms with Crippen molar-refractivity contribution in [2.75, 3.05) is 13.2 Å². The number of halogens is 4. The van der Waals surface area contributed by atoms with E-state index >= 15 is 0 Å². The van der Waals surface area contributed by atoms with Crippen molar-refractivity contribution in [2.45, 2.75) is 50.2 Å². The highest BCUT2D eigenvalue weighted by molar-refractivity contribution is 7.13. The highest BCUT2D eigenvalue weighted by Gasteiger charge is 2.41. The number of carbonyl (C=O) groups excluding carboxylic acids is 1. The second kappa shape index (κ2) is 11.0. The molecule has 11 heteroatoms. The van der Waals surface area contributed by atoms with Gasteiger partial charge in [0, 0.05) is 39.5 Å². The van der Waals surface area contributed by atoms with Gasteiger partial charge in [-0.15, -0.1) is 11.3 Å². The molecule has 0 aliphatic carbocycles. The molecule has 0 radical (unpaired) electrons. The van der Waals surface area contributed by atoms with E-state index in [9.17, 15) is 23.5 Å². The van der Waals surface area contributed by atoms with Gasteiger partial charge in [-0.05, 0) is 56.0 Å². The molecular weight excluding hydrogens is 499 g/mol. The number of aromatic carboxylic acids is 1. The van der Waals surface area contributed by atoms with Crippen LogP contribution in [0, 0.1) is 0 Å². The molecule has 0 unspecified atom stereocenters. The molecule has 1 aromatic carbocycles. The predicted molar refractivity (Wildman–Crippen MR) is 122 cm³/mol. The summed E-state index contributed by atoms with van der Waals surface area (Å²) in [6, 6.07) is 6.40. The molecule has 1 fully saturated rings. The van der Waals surface area contributed by atoms with Crippen molar-refractivity contribution in [3.63, 3.8) is 0 Å². The number of aliphatic hydroxyl groups is 1. The van der Waals surface area contributed by atoms with Crippen molar-refractivity contribution in [1.82, 2.24) is 4.90 Å². The molecule has 33 heavy (non-hydrogen) atoms. The molecule has 0 saturated carbocycles. The lowest BCUT2D eigenvalue weighted by Gasteiger charge is -2.36. The van der Waals surface area contributed by atoms with Gasteiger partial charge in [-0.3, -0.25) is 0 Å². The highest BCUT2D eigenvalue weighted by Crippen LogP contribution is 2.37. The Morgan fingerprint density at radius 3 is 2.61 bits per heavy atom. The zero-order valence-corrected chi connectivity index (χ0v) is 19.8. The lowest BCUT2D eigenvalue weighted by atomic mass is 9.96. The van der Waals surface area contributed by atoms with Gasteiger partial charge in [-0.2, -0.15) is 8.78 Å². The lowest BCUT2D eigenvalue weighted by molar-refractivity contribution is -0.120. The van der Waals surface area contributed by atoms with Crippen molar-refractivity contribution in [3.8, 4) is 0 Å². The van der Waals surface area contributed by atoms with Crippen LogP contribution in [0.2, 0.25) is 10.0 Å². The van der Waals surface area contributed by atoms with Crippen molar-refractivity contribution < 1.29 is 33.3 Å². The van der Waals surface area contributed by atoms with Crippen LogP contribution in [0.25, 0.3) is 0 Å². The highest BCUT2D eigenvalue weighted by atomic mass is 35.5. The Kier molecular flexibility index (Phi) is 8.55. The van der Waals surface area contributed by atoms with Gasteiger partial charge in [-0.1, -0.05) is 23.2 Å². The first-order valence-corrected chi connectivity index (χ1v) is 11.9. The molecule has 2 heterocycles. The second-order valence-electron chi connectivity index (χ2n) is 7.80. The van der Waals surface area contributed by atoms with Gasteiger partial charge in [0.1, 0.15) is 11.0 Å². The summed E-state index contributed by atoms with van der Waals surface area (Å²) in [5, 5.41) is 19.4. The maximum atomic E-state index is 14.8. The summed E-state index contributed by atoms with van der Waals surface area (Å²) in [6.07, 6.45) is -0.968. The third-order valence-electron chi connectivity index (χ3n) is 5.49. The van der Waals surface area contributed by atoms with E-state index in [2.05, 4.69) is 0 Å². The van der Waals surface area contributed by atoms with E-state index in [0.717, 1.165) is 17.0 Å². The third kappa shape index (κ3) is 6.56. The number of aryl methyl sites for hydroxylation is 1. The van der Waals surface area contributed by atoms with Crippen LogP contribution in [0.15, 0.2) is 30.3 Å². The van der Waals surface area contributed by atoms with Crippen LogP contribution in [-0.4, -0.2) is 52.5 Å². The Bertz CT molecular complexity index is 983. The molecular formula is C22H23Cl2F2NO5S. The minimum absolute atomic E-state index is 0.0480. The van der Waals surface area contributed by atoms with E-state index in [1.807, 2.05) is 0 Å². The van der Waals surface area contributed by atoms with E-state index < -0.39 is 29.7 Å². The third-order valence-corrected chi connectivity index (χ3v) is 7.06. The zero-order valence-electron chi connectivity index (χ0n) is 17.5. The molecule has 1 aliphatic rings. The first-order chi connectivity index (χ1) is 15.6. The van der Waals surface area contributed by atoms with Crippen LogP contribution in [-0.2, 0) is 17.1 Å². The Morgan fingerprint density at radius 2 is 1.97 bits per heavy atom. The Balaban J connectivity index is 1.58. The Hall–Kier alpha value is -1.94. The average molecular weight is 522 g/mol. The normalized spacial score (nSPS) is 17.7. The number of benzene rings is 1. The fraction of sp³-hybridized carbons (Fsp3) is 0.455. The summed E-state index contributed by atoms with van der Waals surface area (Å²) in [4.78, 5) is 25.9. The van der Waals surface area contributed by atoms with Gasteiger partial charge in [0.15, 0.2) is 0 Å². The Labute approximate surface area is 203 Å². The summed E-state index contributed by atoms with van der Waals surface area (Å²) in [5.41, 5.74) is -0.468. The molecule has 1 aliphatic heterocycles. The minimum atomic E-state index is -3.56. The largest absolute Gasteiger partial charge is 0.477 e. The number of cyclic esters (lactones) is 1. The number of carboxylic acid groups (broad SMARTS) is 1. The minimum Gasteiger partial charge on any atom is -0.477 e. The summed E-state index contributed by atoms with van der Waals surface area (Å²) in [5.74, 6) is -4.54. The predicted octanol–water partition coefficient (Wildman–Crippen LogP) is 5.83. The maximum Gasteiger partial charge on any atom is 0.410 e. The van der Waals surface area contributed by atoms with Crippen molar-refractivity contribution in [3.05, 3.63) is 55.7 Å². The second-order valence-corrected chi connectivity index (χ2v) is 9.84. The first-order valence-electron chi connectivity index (χ1n) is 10.4. The molecule has 1 amide bonds. The summed E-state index contributed by atoms with van der Waals surface area (Å²) < 4.78 is 34.6. The van der Waals surface area contributed by atoms with Gasteiger partial charge in [0.25, 0.3) is 5.92 Å². The van der Waals surface area contributed by atoms with Gasteiger partial charge < -0.3 is 19.8 Å². The number of rotatable bonds is 10. The number of carbonyl (C=O) groups is 2. The smallest absolute Gasteiger partial charge is 0.410 e. The van der Waals surface area contributed by atoms with E-state index in [1.54, 1.807) is 6.07 Å². The number of aliphatic hydroxyl groups excluding tert-OH is 1. The molecule has 1 aromatic heterocycles. The number of thiophene rings is 1. The number of alkyl halides is 2. The molecule has 2 aromatic rings. The molecule has 3 rings (SSSR count). The van der Waals surface area contributed by atoms with E-state index in [1.165, 1.54) is 28.4 Å². The summed E-state index contributed by atoms with van der Waals surface area (Å²) >= 11 is 12.8. The van der Waals surface area contributed by atoms with Crippen LogP contribution in [0.4, 0.5) is 13.6 Å². The molecule has 6 nitrogen and oxygen atoms in total. The van der Waals surface area contributed by atoms with Crippen LogP contribution >= 0.6 is 34.5 Å². The van der Waals surface area contributed by atoms with Crippen LogP contribution in [0.1, 0.15) is 45.8 Å². The average Bonchev–Trinajstić information content (AvgIpc) is 3.22. The SMILES string of the molecule is O=C(O)c1ccc(CCCN2C(=O)OCC[C@@H]2CC[C@@H](O)C(F)(F)c2cc(Cl)cc(Cl)c2)s1. The summed E-state index contributed by atoms with van der Waals surface area (Å²) in [7, 11) is 0. The van der Waals surface area contributed by atoms with Gasteiger partial charge in [0.05, 0.1) is 6.61 Å². The maximum absolute atomic E-state index is 14.8. The number of amides is 1. The number of nitrogens with zero attached hydrogens (tertiary/aromatic N) is 1. The molecule has 2 atom stereocenters. The van der Waals surface area contributed by atoms with Gasteiger partial charge in [-0.25, -0.2) is 9.59 Å². The quantitative estimate of drug-likeness (QED) is 0.410. The monoisotopic (exact) mass is 521 g/mol. The molecule has 0 bridgehead atoms. The number of hydrogen-bond acceptors (Lipinski definition) is 5. The Morgan fingerprint density at radius 1 is 1.27 bits per heavy atom. The fourth-order valence-electron chi connectivity index (χ4n) is 3.77. The zero-order chi connectivity index (χ0) is 24.2. The molecule has 0 spiro atoms. The van der Waals surface area contributed by atoms with Crippen molar-refractivity contribution in [2.24, 2.45) is 0 Å². The van der Waals surface area contributed by atoms with Crippen molar-refractivity contribution in [1.29, 1.82) is 0 Å². The van der Waals surface area contributed by atoms with E-state index in [0.29, 0.717) is 25.8 Å². The topological polar surface area (TPSA) is 87.1 Å². The lowest BCUT2D eigenvalue weighted by Crippen LogP contribution is -2.47. The summed E-state index contributed by atoms with van der Waals surface area (Å²) in [6.45, 7) is 0.517. The number of hydrogen-bond donors (Lipinski definition) is 2. The number of ether oxygens (including phenoxy) is 1. The van der Waals surface area contributed by atoms with Crippen LogP contribution < -0.4 is 0 Å². The van der Waals surface area contributed by atoms with E-state index in [-0.39, 0.29) is 40.4 Å². The fourth-order valence-corrected chi connectivity index (χ4v) is 5.18. The van der Waals surface area contributed by atoms with Crippen LogP contribution in [0.5, 0.6) is 0 Å². The first kappa shape index (κ1) is 25.7. The molecule has 1 saturated heterocycles. The van der Waals surface area contributed by atoms with Gasteiger partial charge >= 0.3 is 12.1 Å². The van der Waals surface area contributed by atoms with Crippen LogP contribution in [0.3, 0.4) is 0 Å². The van der Waals surface area contributed by atoms with Gasteiger partial charge in [0.2, 0.25) is 0 Å². The number of carboxylic acids is 1. The standard InChI is InChI=1S/C22H23Cl2F2NO5S/c23-14-10-13(11-15(24)12-14)22(25,26)19(28)6-3-16-7-9-32-21(31)27(16)8-1-2-17-4-5-18(33-17)20(29)30/h4-5,10-12,16,19,28H,1-3,6-9H2,(H,29,30)/t16-,19+/m0/s1. The molecule has 2 N–H and O–H groups in total. The van der Waals surface area contributed by atoms with E-state index in [4.69, 9.17) is 33.0 Å².